The van der Waals surface area contributed by atoms with Crippen molar-refractivity contribution in [2.75, 3.05) is 18.0 Å². The highest BCUT2D eigenvalue weighted by Crippen LogP contribution is 2.24. The van der Waals surface area contributed by atoms with E-state index in [0.717, 1.165) is 37.2 Å². The number of hydrogen-bond donors (Lipinski definition) is 1. The second kappa shape index (κ2) is 5.63. The highest BCUT2D eigenvalue weighted by molar-refractivity contribution is 5.54. The van der Waals surface area contributed by atoms with Crippen molar-refractivity contribution in [2.45, 2.75) is 26.3 Å². The van der Waals surface area contributed by atoms with Gasteiger partial charge in [0, 0.05) is 42.8 Å². The van der Waals surface area contributed by atoms with Crippen LogP contribution in [0.3, 0.4) is 0 Å². The summed E-state index contributed by atoms with van der Waals surface area (Å²) < 4.78 is 0. The summed E-state index contributed by atoms with van der Waals surface area (Å²) in [5.74, 6) is 0. The molecule has 0 saturated carbocycles. The molecule has 1 aliphatic heterocycles. The standard InChI is InChI=1S/C17H21N3/c1-13-10-17(16(11-18)12-19-13)20-8-6-14-4-2-3-5-15(14)7-9-20/h2-5,10,12H,6-9,11,18H2,1H3. The smallest absolute Gasteiger partial charge is 0.0445 e. The van der Waals surface area contributed by atoms with Crippen LogP contribution in [-0.2, 0) is 19.4 Å². The highest BCUT2D eigenvalue weighted by Gasteiger charge is 2.16. The molecule has 1 aromatic carbocycles. The minimum Gasteiger partial charge on any atom is -0.371 e. The maximum absolute atomic E-state index is 5.86. The highest BCUT2D eigenvalue weighted by atomic mass is 15.1. The molecule has 0 fully saturated rings. The molecule has 3 nitrogen and oxygen atoms in total. The predicted octanol–water partition coefficient (Wildman–Crippen LogP) is 2.45. The maximum atomic E-state index is 5.86. The van der Waals surface area contributed by atoms with Crippen molar-refractivity contribution in [2.24, 2.45) is 5.73 Å². The fraction of sp³-hybridized carbons (Fsp3) is 0.353. The second-order valence-corrected chi connectivity index (χ2v) is 5.41. The fourth-order valence-electron chi connectivity index (χ4n) is 2.93. The molecule has 0 saturated heterocycles. The lowest BCUT2D eigenvalue weighted by atomic mass is 10.0. The van der Waals surface area contributed by atoms with E-state index in [1.807, 2.05) is 13.1 Å². The van der Waals surface area contributed by atoms with E-state index in [2.05, 4.69) is 40.2 Å². The summed E-state index contributed by atoms with van der Waals surface area (Å²) in [6, 6.07) is 10.9. The fourth-order valence-corrected chi connectivity index (χ4v) is 2.93. The molecule has 0 bridgehead atoms. The number of rotatable bonds is 2. The van der Waals surface area contributed by atoms with E-state index in [9.17, 15) is 0 Å². The summed E-state index contributed by atoms with van der Waals surface area (Å²) in [6.45, 7) is 4.68. The van der Waals surface area contributed by atoms with Crippen molar-refractivity contribution < 1.29 is 0 Å². The van der Waals surface area contributed by atoms with Gasteiger partial charge in [-0.3, -0.25) is 4.98 Å². The van der Waals surface area contributed by atoms with Gasteiger partial charge in [0.25, 0.3) is 0 Å². The van der Waals surface area contributed by atoms with E-state index in [0.29, 0.717) is 6.54 Å². The zero-order chi connectivity index (χ0) is 13.9. The van der Waals surface area contributed by atoms with Crippen LogP contribution in [0.2, 0.25) is 0 Å². The van der Waals surface area contributed by atoms with E-state index in [1.54, 1.807) is 0 Å². The van der Waals surface area contributed by atoms with Crippen LogP contribution in [0.25, 0.3) is 0 Å². The molecule has 2 aromatic rings. The van der Waals surface area contributed by atoms with Crippen LogP contribution in [0.1, 0.15) is 22.4 Å². The Labute approximate surface area is 120 Å². The van der Waals surface area contributed by atoms with Crippen molar-refractivity contribution in [1.29, 1.82) is 0 Å². The Morgan fingerprint density at radius 1 is 1.15 bits per heavy atom. The van der Waals surface area contributed by atoms with E-state index in [1.165, 1.54) is 16.8 Å². The van der Waals surface area contributed by atoms with Gasteiger partial charge < -0.3 is 10.6 Å². The third-order valence-corrected chi connectivity index (χ3v) is 4.08. The first kappa shape index (κ1) is 13.1. The number of pyridine rings is 1. The van der Waals surface area contributed by atoms with Gasteiger partial charge in [-0.05, 0) is 37.0 Å². The van der Waals surface area contributed by atoms with Crippen molar-refractivity contribution in [3.8, 4) is 0 Å². The molecular formula is C17H21N3. The molecule has 0 spiro atoms. The molecular weight excluding hydrogens is 246 g/mol. The van der Waals surface area contributed by atoms with Crippen LogP contribution < -0.4 is 10.6 Å². The molecule has 20 heavy (non-hydrogen) atoms. The van der Waals surface area contributed by atoms with Gasteiger partial charge in [0.15, 0.2) is 0 Å². The largest absolute Gasteiger partial charge is 0.371 e. The number of nitrogens with zero attached hydrogens (tertiary/aromatic N) is 2. The van der Waals surface area contributed by atoms with Gasteiger partial charge in [-0.1, -0.05) is 24.3 Å². The van der Waals surface area contributed by atoms with Crippen LogP contribution in [0.5, 0.6) is 0 Å². The van der Waals surface area contributed by atoms with E-state index in [4.69, 9.17) is 5.73 Å². The van der Waals surface area contributed by atoms with E-state index >= 15 is 0 Å². The second-order valence-electron chi connectivity index (χ2n) is 5.41. The van der Waals surface area contributed by atoms with Crippen molar-refractivity contribution in [3.63, 3.8) is 0 Å². The maximum Gasteiger partial charge on any atom is 0.0445 e. The molecule has 104 valence electrons. The first-order valence-corrected chi connectivity index (χ1v) is 7.25. The third-order valence-electron chi connectivity index (χ3n) is 4.08. The zero-order valence-electron chi connectivity index (χ0n) is 12.0. The zero-order valence-corrected chi connectivity index (χ0v) is 12.0. The van der Waals surface area contributed by atoms with Gasteiger partial charge in [0.05, 0.1) is 0 Å². The molecule has 0 atom stereocenters. The third kappa shape index (κ3) is 2.54. The SMILES string of the molecule is Cc1cc(N2CCc3ccccc3CC2)c(CN)cn1. The Morgan fingerprint density at radius 3 is 2.40 bits per heavy atom. The number of aromatic nitrogens is 1. The average molecular weight is 267 g/mol. The van der Waals surface area contributed by atoms with Crippen molar-refractivity contribution in [3.05, 3.63) is 58.9 Å². The van der Waals surface area contributed by atoms with Crippen LogP contribution in [-0.4, -0.2) is 18.1 Å². The van der Waals surface area contributed by atoms with Gasteiger partial charge >= 0.3 is 0 Å². The Hall–Kier alpha value is -1.87. The number of hydrogen-bond acceptors (Lipinski definition) is 3. The number of benzene rings is 1. The summed E-state index contributed by atoms with van der Waals surface area (Å²) in [5, 5.41) is 0. The van der Waals surface area contributed by atoms with E-state index < -0.39 is 0 Å². The van der Waals surface area contributed by atoms with Gasteiger partial charge in [0.2, 0.25) is 0 Å². The Bertz CT molecular complexity index is 580. The summed E-state index contributed by atoms with van der Waals surface area (Å²) in [6.07, 6.45) is 4.12. The Kier molecular flexibility index (Phi) is 3.70. The number of nitrogens with two attached hydrogens (primary N) is 1. The molecule has 1 aliphatic rings. The lowest BCUT2D eigenvalue weighted by Crippen LogP contribution is -2.27. The van der Waals surface area contributed by atoms with Crippen LogP contribution in [0.15, 0.2) is 36.5 Å². The lowest BCUT2D eigenvalue weighted by Gasteiger charge is -2.25. The van der Waals surface area contributed by atoms with E-state index in [-0.39, 0.29) is 0 Å². The monoisotopic (exact) mass is 267 g/mol. The molecule has 2 N–H and O–H groups in total. The van der Waals surface area contributed by atoms with Crippen LogP contribution in [0.4, 0.5) is 5.69 Å². The molecule has 3 rings (SSSR count). The summed E-state index contributed by atoms with van der Waals surface area (Å²) in [5.41, 5.74) is 12.3. The number of anilines is 1. The van der Waals surface area contributed by atoms with Gasteiger partial charge in [-0.2, -0.15) is 0 Å². The quantitative estimate of drug-likeness (QED) is 0.909. The Morgan fingerprint density at radius 2 is 1.80 bits per heavy atom. The molecule has 0 radical (unpaired) electrons. The normalized spacial score (nSPS) is 14.8. The van der Waals surface area contributed by atoms with Gasteiger partial charge in [0.1, 0.15) is 0 Å². The lowest BCUT2D eigenvalue weighted by molar-refractivity contribution is 0.794. The summed E-state index contributed by atoms with van der Waals surface area (Å²) in [7, 11) is 0. The van der Waals surface area contributed by atoms with Gasteiger partial charge in [-0.25, -0.2) is 0 Å². The average Bonchev–Trinajstić information content (AvgIpc) is 2.70. The van der Waals surface area contributed by atoms with Gasteiger partial charge in [-0.15, -0.1) is 0 Å². The van der Waals surface area contributed by atoms with Crippen molar-refractivity contribution in [1.82, 2.24) is 4.98 Å². The predicted molar refractivity (Wildman–Crippen MR) is 82.9 cm³/mol. The van der Waals surface area contributed by atoms with Crippen molar-refractivity contribution >= 4 is 5.69 Å². The molecule has 1 aromatic heterocycles. The minimum absolute atomic E-state index is 0.548. The first-order chi connectivity index (χ1) is 9.78. The Balaban J connectivity index is 1.88. The molecule has 3 heteroatoms. The van der Waals surface area contributed by atoms with Crippen LogP contribution in [0, 0.1) is 6.92 Å². The minimum atomic E-state index is 0.548. The van der Waals surface area contributed by atoms with Crippen LogP contribution >= 0.6 is 0 Å². The molecule has 0 amide bonds. The molecule has 0 aliphatic carbocycles. The molecule has 0 unspecified atom stereocenters. The molecule has 2 heterocycles. The number of fused-ring (bicyclic) bond motifs is 1. The first-order valence-electron chi connectivity index (χ1n) is 7.25. The summed E-state index contributed by atoms with van der Waals surface area (Å²) in [4.78, 5) is 6.82. The topological polar surface area (TPSA) is 42.1 Å². The number of aryl methyl sites for hydroxylation is 1. The summed E-state index contributed by atoms with van der Waals surface area (Å²) >= 11 is 0.